The zero-order valence-corrected chi connectivity index (χ0v) is 12.0. The predicted molar refractivity (Wildman–Crippen MR) is 79.2 cm³/mol. The summed E-state index contributed by atoms with van der Waals surface area (Å²) in [6.07, 6.45) is 7.76. The van der Waals surface area contributed by atoms with Gasteiger partial charge in [-0.3, -0.25) is 4.99 Å². The Morgan fingerprint density at radius 1 is 1.47 bits per heavy atom. The molecule has 2 rings (SSSR count). The fourth-order valence-electron chi connectivity index (χ4n) is 2.67. The maximum absolute atomic E-state index is 13.9. The number of alkyl halides is 1. The largest absolute Gasteiger partial charge is 0.364 e. The van der Waals surface area contributed by atoms with Crippen molar-refractivity contribution in [1.29, 1.82) is 0 Å². The molecule has 2 atom stereocenters. The number of halogens is 1. The van der Waals surface area contributed by atoms with Crippen molar-refractivity contribution in [3.63, 3.8) is 0 Å². The van der Waals surface area contributed by atoms with E-state index < -0.39 is 6.17 Å². The predicted octanol–water partition coefficient (Wildman–Crippen LogP) is 3.72. The highest BCUT2D eigenvalue weighted by molar-refractivity contribution is 5.99. The van der Waals surface area contributed by atoms with E-state index >= 15 is 0 Å². The Morgan fingerprint density at radius 2 is 2.26 bits per heavy atom. The first-order chi connectivity index (χ1) is 9.13. The normalized spacial score (nSPS) is 32.0. The Morgan fingerprint density at radius 3 is 2.95 bits per heavy atom. The molecule has 0 amide bonds. The van der Waals surface area contributed by atoms with E-state index in [2.05, 4.69) is 22.5 Å². The third-order valence-corrected chi connectivity index (χ3v) is 3.74. The number of fused-ring (bicyclic) bond motifs is 1. The summed E-state index contributed by atoms with van der Waals surface area (Å²) in [4.78, 5) is 4.55. The highest BCUT2D eigenvalue weighted by Gasteiger charge is 2.22. The minimum Gasteiger partial charge on any atom is -0.364 e. The van der Waals surface area contributed by atoms with Crippen molar-refractivity contribution in [2.24, 2.45) is 4.99 Å². The number of nitrogens with one attached hydrogen (secondary N) is 1. The quantitative estimate of drug-likeness (QED) is 0.765. The Balaban J connectivity index is 2.35. The Hall–Kier alpha value is -1.38. The summed E-state index contributed by atoms with van der Waals surface area (Å²) in [7, 11) is 0. The van der Waals surface area contributed by atoms with E-state index in [1.54, 1.807) is 0 Å². The van der Waals surface area contributed by atoms with Gasteiger partial charge in [-0.25, -0.2) is 4.39 Å². The van der Waals surface area contributed by atoms with E-state index in [0.29, 0.717) is 6.42 Å². The fraction of sp³-hybridized carbons (Fsp3) is 0.562. The molecule has 1 N–H and O–H groups in total. The zero-order valence-electron chi connectivity index (χ0n) is 12.0. The topological polar surface area (TPSA) is 24.4 Å². The van der Waals surface area contributed by atoms with Crippen molar-refractivity contribution in [1.82, 2.24) is 5.32 Å². The molecular formula is C16H23FN2. The molecule has 0 aromatic rings. The summed E-state index contributed by atoms with van der Waals surface area (Å²) in [5.74, 6) is 0.976. The van der Waals surface area contributed by atoms with Gasteiger partial charge in [0.15, 0.2) is 0 Å². The molecule has 1 heterocycles. The van der Waals surface area contributed by atoms with Crippen LogP contribution in [-0.2, 0) is 0 Å². The highest BCUT2D eigenvalue weighted by atomic mass is 19.1. The lowest BCUT2D eigenvalue weighted by molar-refractivity contribution is 0.344. The van der Waals surface area contributed by atoms with E-state index in [1.807, 2.05) is 26.8 Å². The molecule has 3 heteroatoms. The molecule has 0 aromatic heterocycles. The summed E-state index contributed by atoms with van der Waals surface area (Å²) in [5.41, 5.74) is 3.25. The fourth-order valence-corrected chi connectivity index (χ4v) is 2.67. The van der Waals surface area contributed by atoms with Gasteiger partial charge in [0.2, 0.25) is 0 Å². The SMILES string of the molecule is C/C=C1/CC2=CC(CCC(F)C(C)=C2)NC1=NCC. The molecular weight excluding hydrogens is 239 g/mol. The van der Waals surface area contributed by atoms with Gasteiger partial charge in [-0.1, -0.05) is 18.2 Å². The van der Waals surface area contributed by atoms with Crippen LogP contribution in [0.2, 0.25) is 0 Å². The van der Waals surface area contributed by atoms with Crippen molar-refractivity contribution >= 4 is 5.84 Å². The summed E-state index contributed by atoms with van der Waals surface area (Å²) in [6.45, 7) is 6.73. The van der Waals surface area contributed by atoms with Gasteiger partial charge in [-0.15, -0.1) is 0 Å². The average Bonchev–Trinajstić information content (AvgIpc) is 2.55. The van der Waals surface area contributed by atoms with Crippen LogP contribution < -0.4 is 5.32 Å². The van der Waals surface area contributed by atoms with Crippen LogP contribution in [0.25, 0.3) is 0 Å². The van der Waals surface area contributed by atoms with Crippen LogP contribution in [0.5, 0.6) is 0 Å². The molecule has 2 nitrogen and oxygen atoms in total. The third kappa shape index (κ3) is 3.34. The first kappa shape index (κ1) is 14.0. The monoisotopic (exact) mass is 262 g/mol. The number of hydrogen-bond donors (Lipinski definition) is 1. The van der Waals surface area contributed by atoms with Crippen LogP contribution in [0.3, 0.4) is 0 Å². The third-order valence-electron chi connectivity index (χ3n) is 3.74. The second kappa shape index (κ2) is 6.18. The molecule has 0 fully saturated rings. The van der Waals surface area contributed by atoms with Crippen molar-refractivity contribution in [2.75, 3.05) is 6.54 Å². The Labute approximate surface area is 115 Å². The number of rotatable bonds is 1. The molecule has 1 aliphatic heterocycles. The van der Waals surface area contributed by atoms with Gasteiger partial charge in [0.25, 0.3) is 0 Å². The van der Waals surface area contributed by atoms with Crippen LogP contribution >= 0.6 is 0 Å². The van der Waals surface area contributed by atoms with Gasteiger partial charge in [0, 0.05) is 19.0 Å². The average molecular weight is 262 g/mol. The lowest BCUT2D eigenvalue weighted by Crippen LogP contribution is -2.34. The van der Waals surface area contributed by atoms with E-state index in [-0.39, 0.29) is 6.04 Å². The molecule has 19 heavy (non-hydrogen) atoms. The second-order valence-electron chi connectivity index (χ2n) is 5.24. The number of allylic oxidation sites excluding steroid dienone is 4. The lowest BCUT2D eigenvalue weighted by Gasteiger charge is -2.19. The molecule has 2 unspecified atom stereocenters. The number of hydrogen-bond acceptors (Lipinski definition) is 1. The summed E-state index contributed by atoms with van der Waals surface area (Å²) in [5, 5.41) is 3.46. The van der Waals surface area contributed by atoms with Crippen LogP contribution in [0.1, 0.15) is 40.0 Å². The Bertz CT molecular complexity index is 457. The first-order valence-electron chi connectivity index (χ1n) is 7.13. The van der Waals surface area contributed by atoms with E-state index in [9.17, 15) is 4.39 Å². The van der Waals surface area contributed by atoms with E-state index in [0.717, 1.165) is 30.8 Å². The van der Waals surface area contributed by atoms with Crippen LogP contribution in [0.15, 0.2) is 39.9 Å². The smallest absolute Gasteiger partial charge is 0.124 e. The van der Waals surface area contributed by atoms with Gasteiger partial charge < -0.3 is 5.32 Å². The minimum absolute atomic E-state index is 0.195. The molecule has 0 spiro atoms. The van der Waals surface area contributed by atoms with Crippen molar-refractivity contribution in [3.8, 4) is 0 Å². The second-order valence-corrected chi connectivity index (χ2v) is 5.24. The summed E-state index contributed by atoms with van der Waals surface area (Å²) in [6, 6.07) is 0.195. The number of amidine groups is 1. The molecule has 0 aromatic carbocycles. The molecule has 0 saturated carbocycles. The molecule has 104 valence electrons. The maximum Gasteiger partial charge on any atom is 0.124 e. The van der Waals surface area contributed by atoms with Gasteiger partial charge in [0.1, 0.15) is 12.0 Å². The van der Waals surface area contributed by atoms with Gasteiger partial charge in [-0.05, 0) is 50.3 Å². The van der Waals surface area contributed by atoms with Crippen LogP contribution in [-0.4, -0.2) is 24.6 Å². The standard InChI is InChI=1S/C16H23FN2/c1-4-13-9-12-8-11(3)15(17)7-6-14(10-12)19-16(13)18-5-2/h4,8,10,14-15H,5-7,9H2,1-3H3,(H,18,19)/b11-8?,13-4-. The number of aliphatic imine (C=N–C) groups is 1. The number of nitrogens with zero attached hydrogens (tertiary/aromatic N) is 1. The van der Waals surface area contributed by atoms with Crippen molar-refractivity contribution in [3.05, 3.63) is 34.9 Å². The van der Waals surface area contributed by atoms with Crippen molar-refractivity contribution < 1.29 is 4.39 Å². The van der Waals surface area contributed by atoms with E-state index in [1.165, 1.54) is 11.1 Å². The van der Waals surface area contributed by atoms with Crippen LogP contribution in [0.4, 0.5) is 4.39 Å². The van der Waals surface area contributed by atoms with Gasteiger partial charge >= 0.3 is 0 Å². The summed E-state index contributed by atoms with van der Waals surface area (Å²) >= 11 is 0. The van der Waals surface area contributed by atoms with Crippen molar-refractivity contribution in [2.45, 2.75) is 52.2 Å². The zero-order chi connectivity index (χ0) is 13.8. The van der Waals surface area contributed by atoms with E-state index in [4.69, 9.17) is 0 Å². The summed E-state index contributed by atoms with van der Waals surface area (Å²) < 4.78 is 13.9. The highest BCUT2D eigenvalue weighted by Crippen LogP contribution is 2.26. The van der Waals surface area contributed by atoms with Crippen LogP contribution in [0, 0.1) is 0 Å². The Kier molecular flexibility index (Phi) is 4.56. The molecule has 0 radical (unpaired) electrons. The molecule has 2 aliphatic rings. The van der Waals surface area contributed by atoms with Gasteiger partial charge in [0.05, 0.1) is 0 Å². The molecule has 0 saturated heterocycles. The first-order valence-corrected chi connectivity index (χ1v) is 7.13. The maximum atomic E-state index is 13.9. The van der Waals surface area contributed by atoms with Gasteiger partial charge in [-0.2, -0.15) is 0 Å². The molecule has 2 bridgehead atoms. The lowest BCUT2D eigenvalue weighted by atomic mass is 9.95. The minimum atomic E-state index is -0.813. The molecule has 1 aliphatic carbocycles.